The van der Waals surface area contributed by atoms with Crippen LogP contribution in [-0.4, -0.2) is 24.5 Å². The number of halogens is 1. The van der Waals surface area contributed by atoms with Gasteiger partial charge in [0.25, 0.3) is 0 Å². The number of nitrogens with zero attached hydrogens (tertiary/aromatic N) is 5. The molecule has 0 saturated heterocycles. The van der Waals surface area contributed by atoms with Gasteiger partial charge in [-0.2, -0.15) is 10.2 Å². The van der Waals surface area contributed by atoms with E-state index in [9.17, 15) is 0 Å². The van der Waals surface area contributed by atoms with Crippen LogP contribution in [0.1, 0.15) is 11.4 Å². The van der Waals surface area contributed by atoms with Crippen LogP contribution >= 0.6 is 22.6 Å². The molecule has 3 aromatic rings. The standard InChI is InChI=1S/C14H14IN5/c1-10-6-13(19(2)17-10)8-20-9-16-14(18-20)11-4-3-5-12(15)7-11/h3-7,9H,8H2,1-2H3. The molecule has 0 fully saturated rings. The first-order valence-corrected chi connectivity index (χ1v) is 7.34. The van der Waals surface area contributed by atoms with Crippen LogP contribution in [-0.2, 0) is 13.6 Å². The first-order chi connectivity index (χ1) is 9.61. The van der Waals surface area contributed by atoms with E-state index >= 15 is 0 Å². The van der Waals surface area contributed by atoms with Gasteiger partial charge >= 0.3 is 0 Å². The molecule has 0 atom stereocenters. The third kappa shape index (κ3) is 2.74. The van der Waals surface area contributed by atoms with E-state index in [-0.39, 0.29) is 0 Å². The lowest BCUT2D eigenvalue weighted by Gasteiger charge is -2.01. The summed E-state index contributed by atoms with van der Waals surface area (Å²) in [5.41, 5.74) is 3.17. The molecule has 6 heteroatoms. The summed E-state index contributed by atoms with van der Waals surface area (Å²) in [6.45, 7) is 2.66. The van der Waals surface area contributed by atoms with Crippen LogP contribution in [0.2, 0.25) is 0 Å². The quantitative estimate of drug-likeness (QED) is 0.658. The highest BCUT2D eigenvalue weighted by atomic mass is 127. The van der Waals surface area contributed by atoms with E-state index in [1.54, 1.807) is 6.33 Å². The minimum absolute atomic E-state index is 0.675. The number of rotatable bonds is 3. The van der Waals surface area contributed by atoms with Crippen molar-refractivity contribution in [3.05, 3.63) is 51.6 Å². The zero-order valence-electron chi connectivity index (χ0n) is 11.3. The van der Waals surface area contributed by atoms with Crippen molar-refractivity contribution >= 4 is 22.6 Å². The van der Waals surface area contributed by atoms with Gasteiger partial charge in [-0.25, -0.2) is 9.67 Å². The Kier molecular flexibility index (Phi) is 3.56. The number of hydrogen-bond donors (Lipinski definition) is 0. The van der Waals surface area contributed by atoms with E-state index in [0.29, 0.717) is 6.54 Å². The van der Waals surface area contributed by atoms with E-state index < -0.39 is 0 Å². The average molecular weight is 379 g/mol. The molecule has 2 aromatic heterocycles. The van der Waals surface area contributed by atoms with Gasteiger partial charge in [-0.3, -0.25) is 4.68 Å². The molecular formula is C14H14IN5. The highest BCUT2D eigenvalue weighted by Crippen LogP contribution is 2.17. The van der Waals surface area contributed by atoms with Crippen LogP contribution in [0.4, 0.5) is 0 Å². The van der Waals surface area contributed by atoms with Crippen molar-refractivity contribution in [3.8, 4) is 11.4 Å². The van der Waals surface area contributed by atoms with Crippen molar-refractivity contribution in [1.82, 2.24) is 24.5 Å². The highest BCUT2D eigenvalue weighted by Gasteiger charge is 2.07. The third-order valence-electron chi connectivity index (χ3n) is 3.04. The summed E-state index contributed by atoms with van der Waals surface area (Å²) in [6, 6.07) is 10.2. The Hall–Kier alpha value is -1.70. The molecule has 3 rings (SSSR count). The minimum atomic E-state index is 0.675. The van der Waals surface area contributed by atoms with Crippen molar-refractivity contribution in [2.45, 2.75) is 13.5 Å². The van der Waals surface area contributed by atoms with Gasteiger partial charge in [0, 0.05) is 16.2 Å². The average Bonchev–Trinajstić information content (AvgIpc) is 2.97. The van der Waals surface area contributed by atoms with Gasteiger partial charge in [-0.05, 0) is 47.7 Å². The lowest BCUT2D eigenvalue weighted by atomic mass is 10.2. The fraction of sp³-hybridized carbons (Fsp3) is 0.214. The maximum atomic E-state index is 4.53. The van der Waals surface area contributed by atoms with Crippen LogP contribution in [0.5, 0.6) is 0 Å². The smallest absolute Gasteiger partial charge is 0.181 e. The first-order valence-electron chi connectivity index (χ1n) is 6.27. The second-order valence-electron chi connectivity index (χ2n) is 4.68. The van der Waals surface area contributed by atoms with Crippen LogP contribution < -0.4 is 0 Å². The maximum absolute atomic E-state index is 4.53. The SMILES string of the molecule is Cc1cc(Cn2cnc(-c3cccc(I)c3)n2)n(C)n1. The third-order valence-corrected chi connectivity index (χ3v) is 3.71. The van der Waals surface area contributed by atoms with Crippen molar-refractivity contribution in [2.75, 3.05) is 0 Å². The minimum Gasteiger partial charge on any atom is -0.270 e. The molecule has 0 bridgehead atoms. The van der Waals surface area contributed by atoms with Crippen LogP contribution in [0, 0.1) is 10.5 Å². The zero-order valence-corrected chi connectivity index (χ0v) is 13.4. The van der Waals surface area contributed by atoms with Crippen LogP contribution in [0.15, 0.2) is 36.7 Å². The van der Waals surface area contributed by atoms with Gasteiger partial charge < -0.3 is 0 Å². The Morgan fingerprint density at radius 3 is 2.75 bits per heavy atom. The van der Waals surface area contributed by atoms with E-state index in [2.05, 4.69) is 56.0 Å². The van der Waals surface area contributed by atoms with E-state index in [0.717, 1.165) is 22.8 Å². The van der Waals surface area contributed by atoms with Gasteiger partial charge in [0.05, 0.1) is 17.9 Å². The summed E-state index contributed by atoms with van der Waals surface area (Å²) in [6.07, 6.45) is 1.76. The first kappa shape index (κ1) is 13.3. The molecule has 0 unspecified atom stereocenters. The fourth-order valence-electron chi connectivity index (χ4n) is 2.11. The van der Waals surface area contributed by atoms with Gasteiger partial charge in [0.15, 0.2) is 5.82 Å². The largest absolute Gasteiger partial charge is 0.270 e. The molecule has 0 saturated carbocycles. The van der Waals surface area contributed by atoms with Gasteiger partial charge in [-0.15, -0.1) is 0 Å². The normalized spacial score (nSPS) is 10.9. The molecule has 0 spiro atoms. The van der Waals surface area contributed by atoms with Gasteiger partial charge in [0.2, 0.25) is 0 Å². The van der Waals surface area contributed by atoms with Crippen molar-refractivity contribution < 1.29 is 0 Å². The maximum Gasteiger partial charge on any atom is 0.181 e. The predicted molar refractivity (Wildman–Crippen MR) is 85.2 cm³/mol. The molecule has 2 heterocycles. The lowest BCUT2D eigenvalue weighted by molar-refractivity contribution is 0.618. The monoisotopic (exact) mass is 379 g/mol. The molecule has 0 N–H and O–H groups in total. The number of hydrogen-bond acceptors (Lipinski definition) is 3. The van der Waals surface area contributed by atoms with Crippen molar-refractivity contribution in [3.63, 3.8) is 0 Å². The Balaban J connectivity index is 1.85. The van der Waals surface area contributed by atoms with Crippen LogP contribution in [0.3, 0.4) is 0 Å². The molecule has 102 valence electrons. The summed E-state index contributed by atoms with van der Waals surface area (Å²) >= 11 is 2.29. The summed E-state index contributed by atoms with van der Waals surface area (Å²) in [4.78, 5) is 4.38. The molecule has 5 nitrogen and oxygen atoms in total. The summed E-state index contributed by atoms with van der Waals surface area (Å²) in [7, 11) is 1.94. The van der Waals surface area contributed by atoms with Gasteiger partial charge in [-0.1, -0.05) is 12.1 Å². The lowest BCUT2D eigenvalue weighted by Crippen LogP contribution is -2.06. The molecule has 0 aliphatic carbocycles. The zero-order chi connectivity index (χ0) is 14.1. The second kappa shape index (κ2) is 5.35. The summed E-state index contributed by atoms with van der Waals surface area (Å²) < 4.78 is 4.90. The van der Waals surface area contributed by atoms with E-state index in [1.807, 2.05) is 35.5 Å². The van der Waals surface area contributed by atoms with E-state index in [4.69, 9.17) is 0 Å². The molecule has 0 radical (unpaired) electrons. The van der Waals surface area contributed by atoms with E-state index in [1.165, 1.54) is 3.57 Å². The molecule has 0 amide bonds. The van der Waals surface area contributed by atoms with Crippen molar-refractivity contribution in [1.29, 1.82) is 0 Å². The van der Waals surface area contributed by atoms with Gasteiger partial charge in [0.1, 0.15) is 6.33 Å². The molecule has 0 aliphatic heterocycles. The topological polar surface area (TPSA) is 48.5 Å². The Morgan fingerprint density at radius 2 is 2.05 bits per heavy atom. The summed E-state index contributed by atoms with van der Waals surface area (Å²) in [5, 5.41) is 8.87. The fourth-order valence-corrected chi connectivity index (χ4v) is 2.65. The van der Waals surface area contributed by atoms with Crippen molar-refractivity contribution in [2.24, 2.45) is 7.05 Å². The number of aromatic nitrogens is 5. The molecule has 20 heavy (non-hydrogen) atoms. The molecule has 1 aromatic carbocycles. The predicted octanol–water partition coefficient (Wildman–Crippen LogP) is 2.64. The number of benzene rings is 1. The van der Waals surface area contributed by atoms with Crippen LogP contribution in [0.25, 0.3) is 11.4 Å². The Morgan fingerprint density at radius 1 is 1.20 bits per heavy atom. The summed E-state index contributed by atoms with van der Waals surface area (Å²) in [5.74, 6) is 0.752. The second-order valence-corrected chi connectivity index (χ2v) is 5.92. The Labute approximate surface area is 130 Å². The molecule has 0 aliphatic rings. The highest BCUT2D eigenvalue weighted by molar-refractivity contribution is 14.1. The number of aryl methyl sites for hydroxylation is 2. The molecular weight excluding hydrogens is 365 g/mol. The Bertz CT molecular complexity index is 744.